The van der Waals surface area contributed by atoms with Crippen molar-refractivity contribution in [1.29, 1.82) is 5.26 Å². The van der Waals surface area contributed by atoms with Crippen LogP contribution in [0.15, 0.2) is 23.6 Å². The molecule has 1 atom stereocenters. The molecule has 2 aromatic rings. The highest BCUT2D eigenvalue weighted by molar-refractivity contribution is 7.09. The monoisotopic (exact) mass is 458 g/mol. The van der Waals surface area contributed by atoms with E-state index >= 15 is 0 Å². The average molecular weight is 459 g/mol. The minimum Gasteiger partial charge on any atom is -0.342 e. The van der Waals surface area contributed by atoms with Gasteiger partial charge >= 0.3 is 0 Å². The third-order valence-corrected chi connectivity index (χ3v) is 5.85. The molecule has 1 aromatic carbocycles. The SMILES string of the molecule is N#C[C@H]1CC(F)(F)CN1C(=O)CNC(=O)c1csc(Cc2ccc(Cl)c(Cl)c2)n1. The number of nitrogens with zero attached hydrogens (tertiary/aromatic N) is 3. The average Bonchev–Trinajstić information content (AvgIpc) is 3.26. The molecule has 2 amide bonds. The highest BCUT2D eigenvalue weighted by Gasteiger charge is 2.47. The number of hydrogen-bond acceptors (Lipinski definition) is 5. The third kappa shape index (κ3) is 5.21. The van der Waals surface area contributed by atoms with E-state index in [2.05, 4.69) is 10.3 Å². The fraction of sp³-hybridized carbons (Fsp3) is 0.333. The Morgan fingerprint density at radius 1 is 1.38 bits per heavy atom. The number of rotatable bonds is 5. The number of thiazole rings is 1. The first kappa shape index (κ1) is 21.4. The Morgan fingerprint density at radius 3 is 2.83 bits per heavy atom. The molecular weight excluding hydrogens is 445 g/mol. The van der Waals surface area contributed by atoms with Crippen LogP contribution in [-0.2, 0) is 11.2 Å². The summed E-state index contributed by atoms with van der Waals surface area (Å²) in [5.74, 6) is -4.45. The molecule has 0 unspecified atom stereocenters. The molecule has 0 bridgehead atoms. The lowest BCUT2D eigenvalue weighted by atomic mass is 10.2. The van der Waals surface area contributed by atoms with Crippen molar-refractivity contribution in [2.24, 2.45) is 0 Å². The Bertz CT molecular complexity index is 992. The first-order valence-electron chi connectivity index (χ1n) is 8.42. The summed E-state index contributed by atoms with van der Waals surface area (Å²) in [5.41, 5.74) is 0.981. The zero-order chi connectivity index (χ0) is 21.2. The summed E-state index contributed by atoms with van der Waals surface area (Å²) in [6.07, 6.45) is -0.256. The molecular formula is C18H14Cl2F2N4O2S. The number of hydrogen-bond donors (Lipinski definition) is 1. The van der Waals surface area contributed by atoms with Gasteiger partial charge in [-0.05, 0) is 17.7 Å². The molecule has 2 heterocycles. The van der Waals surface area contributed by atoms with Gasteiger partial charge in [0, 0.05) is 18.2 Å². The summed E-state index contributed by atoms with van der Waals surface area (Å²) in [6, 6.07) is 5.66. The number of halogens is 4. The van der Waals surface area contributed by atoms with Gasteiger partial charge in [0.05, 0.1) is 34.2 Å². The number of benzene rings is 1. The Balaban J connectivity index is 1.57. The van der Waals surface area contributed by atoms with E-state index in [9.17, 15) is 18.4 Å². The van der Waals surface area contributed by atoms with Crippen molar-refractivity contribution in [3.63, 3.8) is 0 Å². The Morgan fingerprint density at radius 2 is 2.14 bits per heavy atom. The molecule has 152 valence electrons. The van der Waals surface area contributed by atoms with Crippen LogP contribution in [0.4, 0.5) is 8.78 Å². The normalized spacial score (nSPS) is 17.8. The second-order valence-electron chi connectivity index (χ2n) is 6.46. The Labute approximate surface area is 179 Å². The van der Waals surface area contributed by atoms with Gasteiger partial charge in [-0.3, -0.25) is 9.59 Å². The molecule has 0 spiro atoms. The molecule has 1 fully saturated rings. The van der Waals surface area contributed by atoms with Gasteiger partial charge in [0.1, 0.15) is 11.7 Å². The summed E-state index contributed by atoms with van der Waals surface area (Å²) in [6.45, 7) is -1.32. The minimum atomic E-state index is -3.10. The zero-order valence-electron chi connectivity index (χ0n) is 14.8. The number of nitriles is 1. The molecule has 1 aliphatic heterocycles. The molecule has 1 aromatic heterocycles. The molecule has 0 saturated carbocycles. The van der Waals surface area contributed by atoms with Gasteiger partial charge in [-0.2, -0.15) is 5.26 Å². The van der Waals surface area contributed by atoms with Crippen LogP contribution < -0.4 is 5.32 Å². The van der Waals surface area contributed by atoms with Gasteiger partial charge in [0.25, 0.3) is 11.8 Å². The predicted octanol–water partition coefficient (Wildman–Crippen LogP) is 3.53. The van der Waals surface area contributed by atoms with Crippen molar-refractivity contribution in [3.8, 4) is 6.07 Å². The highest BCUT2D eigenvalue weighted by atomic mass is 35.5. The molecule has 0 radical (unpaired) electrons. The molecule has 29 heavy (non-hydrogen) atoms. The van der Waals surface area contributed by atoms with Crippen LogP contribution in [0.25, 0.3) is 0 Å². The van der Waals surface area contributed by atoms with Gasteiger partial charge in [0.15, 0.2) is 0 Å². The number of carbonyl (C=O) groups is 2. The van der Waals surface area contributed by atoms with Crippen molar-refractivity contribution >= 4 is 46.4 Å². The van der Waals surface area contributed by atoms with E-state index in [0.717, 1.165) is 10.5 Å². The van der Waals surface area contributed by atoms with Crippen LogP contribution in [0.2, 0.25) is 10.0 Å². The predicted molar refractivity (Wildman–Crippen MR) is 104 cm³/mol. The van der Waals surface area contributed by atoms with Crippen molar-refractivity contribution < 1.29 is 18.4 Å². The lowest BCUT2D eigenvalue weighted by Gasteiger charge is -2.19. The van der Waals surface area contributed by atoms with Crippen molar-refractivity contribution in [1.82, 2.24) is 15.2 Å². The molecule has 1 saturated heterocycles. The molecule has 3 rings (SSSR count). The molecule has 6 nitrogen and oxygen atoms in total. The van der Waals surface area contributed by atoms with Crippen LogP contribution in [-0.4, -0.2) is 46.8 Å². The number of amides is 2. The lowest BCUT2D eigenvalue weighted by molar-refractivity contribution is -0.131. The van der Waals surface area contributed by atoms with Gasteiger partial charge < -0.3 is 10.2 Å². The van der Waals surface area contributed by atoms with E-state index in [1.165, 1.54) is 16.7 Å². The van der Waals surface area contributed by atoms with E-state index in [1.54, 1.807) is 24.3 Å². The van der Waals surface area contributed by atoms with E-state index < -0.39 is 43.3 Å². The smallest absolute Gasteiger partial charge is 0.271 e. The number of nitrogens with one attached hydrogen (secondary N) is 1. The van der Waals surface area contributed by atoms with Gasteiger partial charge in [-0.15, -0.1) is 11.3 Å². The summed E-state index contributed by atoms with van der Waals surface area (Å²) < 4.78 is 26.9. The largest absolute Gasteiger partial charge is 0.342 e. The van der Waals surface area contributed by atoms with Crippen LogP contribution in [0.3, 0.4) is 0 Å². The lowest BCUT2D eigenvalue weighted by Crippen LogP contribution is -2.43. The Hall–Kier alpha value is -2.28. The molecule has 1 aliphatic rings. The first-order valence-corrected chi connectivity index (χ1v) is 10.1. The summed E-state index contributed by atoms with van der Waals surface area (Å²) in [5, 5.41) is 14.4. The van der Waals surface area contributed by atoms with E-state index in [1.807, 2.05) is 0 Å². The first-order chi connectivity index (χ1) is 13.7. The third-order valence-electron chi connectivity index (χ3n) is 4.26. The van der Waals surface area contributed by atoms with Crippen LogP contribution in [0.5, 0.6) is 0 Å². The van der Waals surface area contributed by atoms with Crippen molar-refractivity contribution in [2.45, 2.75) is 24.8 Å². The van der Waals surface area contributed by atoms with Gasteiger partial charge in [-0.25, -0.2) is 13.8 Å². The number of carbonyl (C=O) groups excluding carboxylic acids is 2. The quantitative estimate of drug-likeness (QED) is 0.742. The highest BCUT2D eigenvalue weighted by Crippen LogP contribution is 2.31. The van der Waals surface area contributed by atoms with Crippen LogP contribution in [0.1, 0.15) is 27.5 Å². The zero-order valence-corrected chi connectivity index (χ0v) is 17.1. The van der Waals surface area contributed by atoms with E-state index in [-0.39, 0.29) is 5.69 Å². The van der Waals surface area contributed by atoms with E-state index in [0.29, 0.717) is 21.5 Å². The van der Waals surface area contributed by atoms with Crippen molar-refractivity contribution in [3.05, 3.63) is 49.9 Å². The number of aromatic nitrogens is 1. The summed E-state index contributed by atoms with van der Waals surface area (Å²) >= 11 is 13.1. The standard InChI is InChI=1S/C18H14Cl2F2N4O2S/c19-12-2-1-10(3-13(12)20)4-15-25-14(8-29-15)17(28)24-7-16(27)26-9-18(21,22)5-11(26)6-23/h1-3,8,11H,4-5,7,9H2,(H,24,28)/t11-/m1/s1. The summed E-state index contributed by atoms with van der Waals surface area (Å²) in [4.78, 5) is 29.4. The van der Waals surface area contributed by atoms with Crippen LogP contribution in [0, 0.1) is 11.3 Å². The fourth-order valence-corrected chi connectivity index (χ4v) is 3.99. The van der Waals surface area contributed by atoms with Gasteiger partial charge in [-0.1, -0.05) is 29.3 Å². The Kier molecular flexibility index (Phi) is 6.36. The van der Waals surface area contributed by atoms with Crippen LogP contribution >= 0.6 is 34.5 Å². The second kappa shape index (κ2) is 8.61. The molecule has 11 heteroatoms. The summed E-state index contributed by atoms with van der Waals surface area (Å²) in [7, 11) is 0. The number of alkyl halides is 2. The fourth-order valence-electron chi connectivity index (χ4n) is 2.86. The number of likely N-dealkylation sites (tertiary alicyclic amines) is 1. The van der Waals surface area contributed by atoms with Gasteiger partial charge in [0.2, 0.25) is 5.91 Å². The molecule has 1 N–H and O–H groups in total. The maximum absolute atomic E-state index is 13.4. The maximum Gasteiger partial charge on any atom is 0.271 e. The second-order valence-corrected chi connectivity index (χ2v) is 8.22. The maximum atomic E-state index is 13.4. The topological polar surface area (TPSA) is 86.1 Å². The van der Waals surface area contributed by atoms with E-state index in [4.69, 9.17) is 28.5 Å². The molecule has 0 aliphatic carbocycles. The van der Waals surface area contributed by atoms with Crippen molar-refractivity contribution in [2.75, 3.05) is 13.1 Å². The minimum absolute atomic E-state index is 0.112.